The van der Waals surface area contributed by atoms with E-state index >= 15 is 0 Å². The van der Waals surface area contributed by atoms with Crippen LogP contribution in [0, 0.1) is 0 Å². The number of aromatic nitrogens is 4. The monoisotopic (exact) mass is 340 g/mol. The SMILES string of the molecule is O=C(Cn1nc(C2CC2)ccc1=O)Nc1cc(N2CCCC2)ncn1. The van der Waals surface area contributed by atoms with Gasteiger partial charge in [0.25, 0.3) is 5.56 Å². The van der Waals surface area contributed by atoms with Gasteiger partial charge in [0.15, 0.2) is 0 Å². The summed E-state index contributed by atoms with van der Waals surface area (Å²) in [4.78, 5) is 34.7. The van der Waals surface area contributed by atoms with E-state index in [2.05, 4.69) is 25.3 Å². The Hall–Kier alpha value is -2.77. The molecule has 1 saturated heterocycles. The molecular formula is C17H20N6O2. The van der Waals surface area contributed by atoms with Gasteiger partial charge in [0.1, 0.15) is 24.5 Å². The van der Waals surface area contributed by atoms with Gasteiger partial charge in [-0.3, -0.25) is 9.59 Å². The first-order chi connectivity index (χ1) is 12.2. The van der Waals surface area contributed by atoms with Crippen molar-refractivity contribution in [1.29, 1.82) is 0 Å². The number of carbonyl (C=O) groups is 1. The van der Waals surface area contributed by atoms with Crippen molar-refractivity contribution in [3.8, 4) is 0 Å². The second kappa shape index (κ2) is 6.62. The standard InChI is InChI=1S/C17H20N6O2/c24-16(10-23-17(25)6-5-13(21-23)12-3-4-12)20-14-9-15(19-11-18-14)22-7-1-2-8-22/h5-6,9,11-12H,1-4,7-8,10H2,(H,18,19,20,24). The second-order valence-corrected chi connectivity index (χ2v) is 6.53. The van der Waals surface area contributed by atoms with Crippen LogP contribution in [0.25, 0.3) is 0 Å². The molecule has 0 aromatic carbocycles. The molecule has 2 aromatic rings. The summed E-state index contributed by atoms with van der Waals surface area (Å²) < 4.78 is 1.21. The predicted molar refractivity (Wildman–Crippen MR) is 92.6 cm³/mol. The zero-order valence-corrected chi connectivity index (χ0v) is 13.9. The largest absolute Gasteiger partial charge is 0.356 e. The lowest BCUT2D eigenvalue weighted by Crippen LogP contribution is -2.30. The maximum absolute atomic E-state index is 12.3. The van der Waals surface area contributed by atoms with Crippen molar-refractivity contribution in [3.63, 3.8) is 0 Å². The quantitative estimate of drug-likeness (QED) is 0.878. The van der Waals surface area contributed by atoms with Gasteiger partial charge in [-0.25, -0.2) is 14.6 Å². The average molecular weight is 340 g/mol. The highest BCUT2D eigenvalue weighted by molar-refractivity contribution is 5.89. The van der Waals surface area contributed by atoms with Crippen LogP contribution in [-0.4, -0.2) is 38.7 Å². The van der Waals surface area contributed by atoms with Crippen LogP contribution in [0.1, 0.15) is 37.3 Å². The lowest BCUT2D eigenvalue weighted by atomic mass is 10.3. The summed E-state index contributed by atoms with van der Waals surface area (Å²) in [6.07, 6.45) is 5.94. The minimum atomic E-state index is -0.325. The van der Waals surface area contributed by atoms with E-state index in [4.69, 9.17) is 0 Å². The molecule has 8 nitrogen and oxygen atoms in total. The normalized spacial score (nSPS) is 16.9. The fourth-order valence-corrected chi connectivity index (χ4v) is 3.03. The summed E-state index contributed by atoms with van der Waals surface area (Å²) in [5, 5.41) is 7.03. The molecule has 8 heteroatoms. The van der Waals surface area contributed by atoms with Crippen LogP contribution in [0.2, 0.25) is 0 Å². The molecule has 0 spiro atoms. The Morgan fingerprint density at radius 3 is 2.76 bits per heavy atom. The molecule has 3 heterocycles. The molecule has 2 aromatic heterocycles. The van der Waals surface area contributed by atoms with E-state index in [0.29, 0.717) is 11.7 Å². The number of carbonyl (C=O) groups excluding carboxylic acids is 1. The third-order valence-corrected chi connectivity index (χ3v) is 4.53. The zero-order chi connectivity index (χ0) is 17.2. The maximum Gasteiger partial charge on any atom is 0.267 e. The molecule has 25 heavy (non-hydrogen) atoms. The number of rotatable bonds is 5. The molecule has 0 radical (unpaired) electrons. The maximum atomic E-state index is 12.3. The highest BCUT2D eigenvalue weighted by Crippen LogP contribution is 2.38. The first-order valence-electron chi connectivity index (χ1n) is 8.64. The van der Waals surface area contributed by atoms with Crippen molar-refractivity contribution in [2.24, 2.45) is 0 Å². The summed E-state index contributed by atoms with van der Waals surface area (Å²) in [6, 6.07) is 4.99. The molecule has 1 saturated carbocycles. The van der Waals surface area contributed by atoms with Crippen LogP contribution < -0.4 is 15.8 Å². The van der Waals surface area contributed by atoms with Gasteiger partial charge < -0.3 is 10.2 Å². The first kappa shape index (κ1) is 15.7. The fourth-order valence-electron chi connectivity index (χ4n) is 3.03. The number of anilines is 2. The third kappa shape index (κ3) is 3.67. The highest BCUT2D eigenvalue weighted by atomic mass is 16.2. The summed E-state index contributed by atoms with van der Waals surface area (Å²) in [7, 11) is 0. The number of nitrogens with zero attached hydrogens (tertiary/aromatic N) is 5. The van der Waals surface area contributed by atoms with Crippen molar-refractivity contribution in [3.05, 3.63) is 40.6 Å². The van der Waals surface area contributed by atoms with Gasteiger partial charge >= 0.3 is 0 Å². The van der Waals surface area contributed by atoms with Crippen LogP contribution in [0.3, 0.4) is 0 Å². The lowest BCUT2D eigenvalue weighted by Gasteiger charge is -2.16. The van der Waals surface area contributed by atoms with Gasteiger partial charge in [-0.05, 0) is 31.7 Å². The van der Waals surface area contributed by atoms with Crippen LogP contribution in [0.4, 0.5) is 11.6 Å². The van der Waals surface area contributed by atoms with Crippen LogP contribution >= 0.6 is 0 Å². The third-order valence-electron chi connectivity index (χ3n) is 4.53. The molecule has 130 valence electrons. The number of hydrogen-bond donors (Lipinski definition) is 1. The van der Waals surface area contributed by atoms with Gasteiger partial charge in [0.2, 0.25) is 5.91 Å². The molecule has 0 atom stereocenters. The average Bonchev–Trinajstić information content (AvgIpc) is 3.31. The molecule has 1 aliphatic carbocycles. The van der Waals surface area contributed by atoms with Gasteiger partial charge in [0.05, 0.1) is 5.69 Å². The summed E-state index contributed by atoms with van der Waals surface area (Å²) in [5.74, 6) is 1.36. The van der Waals surface area contributed by atoms with Crippen molar-refractivity contribution >= 4 is 17.5 Å². The minimum absolute atomic E-state index is 0.123. The van der Waals surface area contributed by atoms with E-state index in [9.17, 15) is 9.59 Å². The van der Waals surface area contributed by atoms with E-state index in [1.54, 1.807) is 12.1 Å². The van der Waals surface area contributed by atoms with Crippen LogP contribution in [-0.2, 0) is 11.3 Å². The number of amides is 1. The summed E-state index contributed by atoms with van der Waals surface area (Å²) in [5.41, 5.74) is 0.603. The van der Waals surface area contributed by atoms with E-state index in [0.717, 1.165) is 50.3 Å². The van der Waals surface area contributed by atoms with Crippen molar-refractivity contribution in [1.82, 2.24) is 19.7 Å². The highest BCUT2D eigenvalue weighted by Gasteiger charge is 2.25. The van der Waals surface area contributed by atoms with E-state index in [1.807, 2.05) is 0 Å². The van der Waals surface area contributed by atoms with E-state index in [-0.39, 0.29) is 18.0 Å². The lowest BCUT2D eigenvalue weighted by molar-refractivity contribution is -0.117. The summed E-state index contributed by atoms with van der Waals surface area (Å²) in [6.45, 7) is 1.82. The smallest absolute Gasteiger partial charge is 0.267 e. The van der Waals surface area contributed by atoms with Gasteiger partial charge in [-0.2, -0.15) is 5.10 Å². The molecule has 2 aliphatic rings. The molecule has 0 unspecified atom stereocenters. The second-order valence-electron chi connectivity index (χ2n) is 6.53. The Labute approximate surface area is 144 Å². The topological polar surface area (TPSA) is 93.0 Å². The fraction of sp³-hybridized carbons (Fsp3) is 0.471. The Kier molecular flexibility index (Phi) is 4.17. The van der Waals surface area contributed by atoms with Gasteiger partial charge in [-0.1, -0.05) is 0 Å². The molecule has 1 N–H and O–H groups in total. The molecular weight excluding hydrogens is 320 g/mol. The van der Waals surface area contributed by atoms with Crippen LogP contribution in [0.15, 0.2) is 29.3 Å². The molecule has 0 bridgehead atoms. The molecule has 4 rings (SSSR count). The summed E-state index contributed by atoms with van der Waals surface area (Å²) >= 11 is 0. The molecule has 1 amide bonds. The molecule has 1 aliphatic heterocycles. The Balaban J connectivity index is 1.44. The number of hydrogen-bond acceptors (Lipinski definition) is 6. The Morgan fingerprint density at radius 2 is 2.00 bits per heavy atom. The van der Waals surface area contributed by atoms with Gasteiger partial charge in [0, 0.05) is 31.1 Å². The van der Waals surface area contributed by atoms with Crippen molar-refractivity contribution in [2.45, 2.75) is 38.1 Å². The van der Waals surface area contributed by atoms with Crippen molar-refractivity contribution < 1.29 is 4.79 Å². The predicted octanol–water partition coefficient (Wildman–Crippen LogP) is 1.15. The van der Waals surface area contributed by atoms with Crippen molar-refractivity contribution in [2.75, 3.05) is 23.3 Å². The van der Waals surface area contributed by atoms with E-state index < -0.39 is 0 Å². The molecule has 2 fully saturated rings. The zero-order valence-electron chi connectivity index (χ0n) is 13.9. The Bertz CT molecular complexity index is 839. The Morgan fingerprint density at radius 1 is 1.20 bits per heavy atom. The number of nitrogens with one attached hydrogen (secondary N) is 1. The first-order valence-corrected chi connectivity index (χ1v) is 8.64. The van der Waals surface area contributed by atoms with Gasteiger partial charge in [-0.15, -0.1) is 0 Å². The van der Waals surface area contributed by atoms with Crippen LogP contribution in [0.5, 0.6) is 0 Å². The van der Waals surface area contributed by atoms with E-state index in [1.165, 1.54) is 17.1 Å². The minimum Gasteiger partial charge on any atom is -0.356 e.